The highest BCUT2D eigenvalue weighted by molar-refractivity contribution is 5.78. The third-order valence-corrected chi connectivity index (χ3v) is 8.23. The first kappa shape index (κ1) is 26.1. The minimum Gasteiger partial charge on any atom is -0.491 e. The fourth-order valence-corrected chi connectivity index (χ4v) is 5.85. The fourth-order valence-electron chi connectivity index (χ4n) is 5.85. The molecule has 0 bridgehead atoms. The molecule has 2 amide bonds. The Kier molecular flexibility index (Phi) is 7.04. The van der Waals surface area contributed by atoms with Crippen LogP contribution in [0.15, 0.2) is 60.9 Å². The molecule has 2 saturated heterocycles. The molecule has 5 heterocycles. The van der Waals surface area contributed by atoms with Gasteiger partial charge >= 0.3 is 6.03 Å². The van der Waals surface area contributed by atoms with Crippen LogP contribution in [-0.4, -0.2) is 68.8 Å². The monoisotopic (exact) mass is 539 g/mol. The summed E-state index contributed by atoms with van der Waals surface area (Å²) in [5, 5.41) is 8.02. The lowest BCUT2D eigenvalue weighted by Gasteiger charge is -2.39. The van der Waals surface area contributed by atoms with Crippen LogP contribution in [0.2, 0.25) is 0 Å². The zero-order valence-electron chi connectivity index (χ0n) is 23.5. The number of anilines is 1. The third-order valence-electron chi connectivity index (χ3n) is 8.23. The predicted molar refractivity (Wildman–Crippen MR) is 155 cm³/mol. The van der Waals surface area contributed by atoms with Crippen molar-refractivity contribution in [3.05, 3.63) is 83.6 Å². The number of hydrogen-bond acceptors (Lipinski definition) is 6. The summed E-state index contributed by atoms with van der Waals surface area (Å²) in [4.78, 5) is 26.3. The highest BCUT2D eigenvalue weighted by atomic mass is 16.5. The largest absolute Gasteiger partial charge is 0.491 e. The number of piperidine rings is 1. The van der Waals surface area contributed by atoms with E-state index in [1.807, 2.05) is 43.3 Å². The first-order valence-corrected chi connectivity index (χ1v) is 14.2. The molecule has 1 N–H and O–H groups in total. The number of carbonyl (C=O) groups excluding carboxylic acids is 1. The maximum absolute atomic E-state index is 12.9. The van der Waals surface area contributed by atoms with Gasteiger partial charge in [-0.3, -0.25) is 4.98 Å². The van der Waals surface area contributed by atoms with E-state index in [1.54, 1.807) is 4.52 Å². The summed E-state index contributed by atoms with van der Waals surface area (Å²) in [6, 6.07) is 16.6. The fraction of sp³-hybridized carbons (Fsp3) is 0.419. The van der Waals surface area contributed by atoms with Gasteiger partial charge < -0.3 is 19.9 Å². The number of hydrogen-bond donors (Lipinski definition) is 1. The summed E-state index contributed by atoms with van der Waals surface area (Å²) >= 11 is 0. The second-order valence-electron chi connectivity index (χ2n) is 11.3. The quantitative estimate of drug-likeness (QED) is 0.354. The average Bonchev–Trinajstić information content (AvgIpc) is 3.51. The van der Waals surface area contributed by atoms with Gasteiger partial charge in [-0.1, -0.05) is 37.3 Å². The van der Waals surface area contributed by atoms with Crippen molar-refractivity contribution in [1.29, 1.82) is 0 Å². The summed E-state index contributed by atoms with van der Waals surface area (Å²) in [5.41, 5.74) is 5.15. The summed E-state index contributed by atoms with van der Waals surface area (Å²) in [6.45, 7) is 9.94. The van der Waals surface area contributed by atoms with Crippen molar-refractivity contribution in [3.8, 4) is 5.75 Å². The van der Waals surface area contributed by atoms with E-state index in [4.69, 9.17) is 14.8 Å². The smallest absolute Gasteiger partial charge is 0.317 e. The topological polar surface area (TPSA) is 87.9 Å². The predicted octanol–water partition coefficient (Wildman–Crippen LogP) is 4.53. The zero-order chi connectivity index (χ0) is 27.7. The highest BCUT2D eigenvalue weighted by Crippen LogP contribution is 2.31. The molecule has 208 valence electrons. The third kappa shape index (κ3) is 5.46. The van der Waals surface area contributed by atoms with Gasteiger partial charge in [-0.2, -0.15) is 5.10 Å². The Morgan fingerprint density at radius 1 is 1.10 bits per heavy atom. The molecule has 0 saturated carbocycles. The van der Waals surface area contributed by atoms with Crippen LogP contribution >= 0.6 is 0 Å². The molecular formula is C31H37N7O2. The van der Waals surface area contributed by atoms with Crippen molar-refractivity contribution in [3.63, 3.8) is 0 Å². The number of urea groups is 1. The van der Waals surface area contributed by atoms with E-state index in [2.05, 4.69) is 58.5 Å². The molecule has 40 heavy (non-hydrogen) atoms. The first-order chi connectivity index (χ1) is 19.4. The Morgan fingerprint density at radius 2 is 1.90 bits per heavy atom. The van der Waals surface area contributed by atoms with Gasteiger partial charge in [-0.05, 0) is 56.0 Å². The van der Waals surface area contributed by atoms with E-state index in [0.717, 1.165) is 61.0 Å². The lowest BCUT2D eigenvalue weighted by atomic mass is 9.88. The number of nitrogens with one attached hydrogen (secondary N) is 1. The van der Waals surface area contributed by atoms with Crippen molar-refractivity contribution in [2.75, 3.05) is 37.7 Å². The van der Waals surface area contributed by atoms with E-state index >= 15 is 0 Å². The number of aromatic nitrogens is 4. The van der Waals surface area contributed by atoms with E-state index in [9.17, 15) is 4.79 Å². The highest BCUT2D eigenvalue weighted by Gasteiger charge is 2.44. The van der Waals surface area contributed by atoms with Crippen LogP contribution in [0, 0.1) is 13.8 Å². The number of aryl methyl sites for hydroxylation is 2. The minimum atomic E-state index is -0.165. The van der Waals surface area contributed by atoms with E-state index in [1.165, 1.54) is 11.3 Å². The lowest BCUT2D eigenvalue weighted by molar-refractivity contribution is 0.217. The van der Waals surface area contributed by atoms with Gasteiger partial charge in [0.2, 0.25) is 0 Å². The second kappa shape index (κ2) is 10.8. The Morgan fingerprint density at radius 3 is 2.67 bits per heavy atom. The van der Waals surface area contributed by atoms with Crippen LogP contribution in [0.1, 0.15) is 48.3 Å². The molecule has 1 spiro atoms. The van der Waals surface area contributed by atoms with Crippen molar-refractivity contribution < 1.29 is 9.53 Å². The number of benzene rings is 1. The molecule has 1 atom stereocenters. The first-order valence-electron chi connectivity index (χ1n) is 14.2. The van der Waals surface area contributed by atoms with Gasteiger partial charge in [0.15, 0.2) is 11.5 Å². The van der Waals surface area contributed by atoms with Crippen LogP contribution in [0.25, 0.3) is 5.65 Å². The van der Waals surface area contributed by atoms with Crippen molar-refractivity contribution >= 4 is 17.4 Å². The molecule has 2 aliphatic rings. The van der Waals surface area contributed by atoms with Crippen molar-refractivity contribution in [1.82, 2.24) is 29.8 Å². The van der Waals surface area contributed by atoms with Crippen molar-refractivity contribution in [2.24, 2.45) is 0 Å². The maximum Gasteiger partial charge on any atom is 0.317 e. The van der Waals surface area contributed by atoms with E-state index in [0.29, 0.717) is 19.6 Å². The SMILES string of the molecule is Cc1cc(N2CCC3(CC2)CN(CCc2nc4c(C)cc(OC[C@H](C)c5ccccc5)cn4n2)C(=O)N3)ccn1. The average molecular weight is 540 g/mol. The number of nitrogens with zero attached hydrogens (tertiary/aromatic N) is 6. The van der Waals surface area contributed by atoms with Gasteiger partial charge in [0.1, 0.15) is 5.75 Å². The van der Waals surface area contributed by atoms with E-state index < -0.39 is 0 Å². The van der Waals surface area contributed by atoms with Gasteiger partial charge in [-0.25, -0.2) is 14.3 Å². The number of ether oxygens (including phenoxy) is 1. The summed E-state index contributed by atoms with van der Waals surface area (Å²) in [7, 11) is 0. The van der Waals surface area contributed by atoms with Gasteiger partial charge in [0.05, 0.1) is 18.3 Å². The molecule has 4 aromatic rings. The molecule has 2 fully saturated rings. The Hall–Kier alpha value is -4.14. The molecule has 2 aliphatic heterocycles. The van der Waals surface area contributed by atoms with Crippen LogP contribution in [0.4, 0.5) is 10.5 Å². The van der Waals surface area contributed by atoms with Crippen LogP contribution < -0.4 is 15.0 Å². The Balaban J connectivity index is 1.05. The van der Waals surface area contributed by atoms with Gasteiger partial charge in [0.25, 0.3) is 0 Å². The van der Waals surface area contributed by atoms with Crippen LogP contribution in [0.3, 0.4) is 0 Å². The Bertz CT molecular complexity index is 1490. The summed E-state index contributed by atoms with van der Waals surface area (Å²) < 4.78 is 7.93. The summed E-state index contributed by atoms with van der Waals surface area (Å²) in [5.74, 6) is 1.79. The second-order valence-corrected chi connectivity index (χ2v) is 11.3. The molecule has 3 aromatic heterocycles. The summed E-state index contributed by atoms with van der Waals surface area (Å²) in [6.07, 6.45) is 6.21. The number of rotatable bonds is 8. The van der Waals surface area contributed by atoms with Gasteiger partial charge in [0, 0.05) is 56.1 Å². The number of carbonyl (C=O) groups is 1. The Labute approximate surface area is 235 Å². The van der Waals surface area contributed by atoms with Gasteiger partial charge in [-0.15, -0.1) is 0 Å². The van der Waals surface area contributed by atoms with Crippen LogP contribution in [-0.2, 0) is 6.42 Å². The van der Waals surface area contributed by atoms with E-state index in [-0.39, 0.29) is 17.5 Å². The molecule has 1 aromatic carbocycles. The number of pyridine rings is 2. The number of amides is 2. The van der Waals surface area contributed by atoms with Crippen molar-refractivity contribution in [2.45, 2.75) is 51.5 Å². The van der Waals surface area contributed by atoms with Crippen LogP contribution in [0.5, 0.6) is 5.75 Å². The molecule has 0 unspecified atom stereocenters. The molecule has 0 radical (unpaired) electrons. The molecule has 9 nitrogen and oxygen atoms in total. The zero-order valence-corrected chi connectivity index (χ0v) is 23.5. The molecule has 0 aliphatic carbocycles. The molecule has 6 rings (SSSR count). The maximum atomic E-state index is 12.9. The standard InChI is InChI=1S/C31H37N7O2/c1-22-17-27(40-20-23(2)25-7-5-4-6-8-25)19-38-29(22)33-28(35-38)10-14-37-21-31(34-30(37)39)11-15-36(16-12-31)26-9-13-32-24(3)18-26/h4-9,13,17-19,23H,10-12,14-16,20-21H2,1-3H3,(H,34,39)/t23-/m0/s1. The number of fused-ring (bicyclic) bond motifs is 1. The molecule has 9 heteroatoms. The lowest BCUT2D eigenvalue weighted by Crippen LogP contribution is -2.52. The molecular weight excluding hydrogens is 502 g/mol. The minimum absolute atomic E-state index is 0.0105. The normalized spacial score (nSPS) is 17.4.